The maximum Gasteiger partial charge on any atom is 0.330 e. The average Bonchev–Trinajstić information content (AvgIpc) is 3.02. The Bertz CT molecular complexity index is 747. The smallest absolute Gasteiger partial charge is 0.330 e. The van der Waals surface area contributed by atoms with E-state index in [4.69, 9.17) is 9.47 Å². The molecule has 0 aliphatic carbocycles. The van der Waals surface area contributed by atoms with Crippen molar-refractivity contribution in [3.05, 3.63) is 54.1 Å². The van der Waals surface area contributed by atoms with Gasteiger partial charge in [0.25, 0.3) is 0 Å². The highest BCUT2D eigenvalue weighted by atomic mass is 16.7. The highest BCUT2D eigenvalue weighted by Gasteiger charge is 2.14. The molecule has 0 fully saturated rings. The third-order valence-corrected chi connectivity index (χ3v) is 3.56. The lowest BCUT2D eigenvalue weighted by molar-refractivity contribution is -0.134. The molecule has 0 saturated carbocycles. The molecule has 112 valence electrons. The summed E-state index contributed by atoms with van der Waals surface area (Å²) in [5, 5.41) is 0. The maximum absolute atomic E-state index is 11.3. The normalized spacial score (nSPS) is 13.1. The van der Waals surface area contributed by atoms with Gasteiger partial charge in [0.2, 0.25) is 6.79 Å². The lowest BCUT2D eigenvalue weighted by Crippen LogP contribution is -1.95. The molecule has 1 aliphatic rings. The van der Waals surface area contributed by atoms with Gasteiger partial charge in [-0.2, -0.15) is 0 Å². The second-order valence-corrected chi connectivity index (χ2v) is 5.00. The largest absolute Gasteiger partial charge is 0.466 e. The van der Waals surface area contributed by atoms with E-state index in [0.717, 1.165) is 33.8 Å². The minimum Gasteiger partial charge on any atom is -0.466 e. The molecule has 0 N–H and O–H groups in total. The van der Waals surface area contributed by atoms with Crippen molar-refractivity contribution in [1.82, 2.24) is 0 Å². The predicted molar refractivity (Wildman–Crippen MR) is 83.7 cm³/mol. The van der Waals surface area contributed by atoms with Gasteiger partial charge in [0.05, 0.1) is 7.11 Å². The van der Waals surface area contributed by atoms with E-state index >= 15 is 0 Å². The highest BCUT2D eigenvalue weighted by Crippen LogP contribution is 2.36. The van der Waals surface area contributed by atoms with E-state index in [9.17, 15) is 4.79 Å². The number of hydrogen-bond acceptors (Lipinski definition) is 4. The molecule has 2 aromatic rings. The molecule has 4 nitrogen and oxygen atoms in total. The van der Waals surface area contributed by atoms with Gasteiger partial charge >= 0.3 is 5.97 Å². The fourth-order valence-corrected chi connectivity index (χ4v) is 2.34. The molecule has 0 atom stereocenters. The molecule has 0 saturated heterocycles. The Kier molecular flexibility index (Phi) is 3.83. The van der Waals surface area contributed by atoms with Crippen LogP contribution in [0.5, 0.6) is 11.5 Å². The number of hydrogen-bond donors (Lipinski definition) is 0. The third kappa shape index (κ3) is 2.81. The summed E-state index contributed by atoms with van der Waals surface area (Å²) >= 11 is 0. The minimum absolute atomic E-state index is 0.264. The van der Waals surface area contributed by atoms with Gasteiger partial charge in [0.15, 0.2) is 11.5 Å². The zero-order valence-electron chi connectivity index (χ0n) is 12.5. The van der Waals surface area contributed by atoms with Gasteiger partial charge in [-0.05, 0) is 47.4 Å². The molecule has 22 heavy (non-hydrogen) atoms. The molecule has 0 amide bonds. The van der Waals surface area contributed by atoms with Crippen LogP contribution in [0.1, 0.15) is 12.5 Å². The first-order valence-electron chi connectivity index (χ1n) is 6.94. The van der Waals surface area contributed by atoms with Crippen molar-refractivity contribution in [1.29, 1.82) is 0 Å². The molecule has 2 aromatic carbocycles. The maximum atomic E-state index is 11.3. The van der Waals surface area contributed by atoms with Gasteiger partial charge in [-0.1, -0.05) is 24.3 Å². The van der Waals surface area contributed by atoms with Crippen LogP contribution in [0.15, 0.2) is 48.5 Å². The van der Waals surface area contributed by atoms with Crippen molar-refractivity contribution < 1.29 is 19.0 Å². The Morgan fingerprint density at radius 2 is 1.86 bits per heavy atom. The Hall–Kier alpha value is -2.75. The van der Waals surface area contributed by atoms with E-state index in [2.05, 4.69) is 4.74 Å². The number of allylic oxidation sites excluding steroid dienone is 1. The van der Waals surface area contributed by atoms with E-state index in [1.807, 2.05) is 49.4 Å². The number of esters is 1. The SMILES string of the molecule is COC(=O)/C=C(\C)c1cccc(-c2ccc3c(c2)OCO3)c1. The van der Waals surface area contributed by atoms with E-state index in [0.29, 0.717) is 0 Å². The number of fused-ring (bicyclic) bond motifs is 1. The number of carbonyl (C=O) groups is 1. The van der Waals surface area contributed by atoms with Crippen LogP contribution in [-0.2, 0) is 9.53 Å². The molecule has 0 bridgehead atoms. The monoisotopic (exact) mass is 296 g/mol. The minimum atomic E-state index is -0.356. The number of methoxy groups -OCH3 is 1. The summed E-state index contributed by atoms with van der Waals surface area (Å²) in [6.45, 7) is 2.15. The molecule has 3 rings (SSSR count). The first-order chi connectivity index (χ1) is 10.7. The van der Waals surface area contributed by atoms with Crippen LogP contribution >= 0.6 is 0 Å². The van der Waals surface area contributed by atoms with Crippen molar-refractivity contribution in [3.8, 4) is 22.6 Å². The lowest BCUT2D eigenvalue weighted by atomic mass is 9.99. The second kappa shape index (κ2) is 5.93. The zero-order valence-corrected chi connectivity index (χ0v) is 12.5. The van der Waals surface area contributed by atoms with Crippen LogP contribution in [-0.4, -0.2) is 19.9 Å². The predicted octanol–water partition coefficient (Wildman–Crippen LogP) is 3.66. The molecule has 0 aromatic heterocycles. The standard InChI is InChI=1S/C18H16O4/c1-12(8-18(19)20-2)13-4-3-5-14(9-13)15-6-7-16-17(10-15)22-11-21-16/h3-10H,11H2,1-2H3/b12-8+. The summed E-state index contributed by atoms with van der Waals surface area (Å²) in [6, 6.07) is 13.8. The summed E-state index contributed by atoms with van der Waals surface area (Å²) in [5.41, 5.74) is 3.92. The molecular weight excluding hydrogens is 280 g/mol. The fraction of sp³-hybridized carbons (Fsp3) is 0.167. The third-order valence-electron chi connectivity index (χ3n) is 3.56. The lowest BCUT2D eigenvalue weighted by Gasteiger charge is -2.07. The number of carbonyl (C=O) groups excluding carboxylic acids is 1. The topological polar surface area (TPSA) is 44.8 Å². The van der Waals surface area contributed by atoms with Gasteiger partial charge in [-0.15, -0.1) is 0 Å². The summed E-state index contributed by atoms with van der Waals surface area (Å²) in [5.74, 6) is 1.16. The summed E-state index contributed by atoms with van der Waals surface area (Å²) in [4.78, 5) is 11.3. The Morgan fingerprint density at radius 3 is 2.68 bits per heavy atom. The first kappa shape index (κ1) is 14.2. The molecule has 0 radical (unpaired) electrons. The van der Waals surface area contributed by atoms with Gasteiger partial charge in [-0.25, -0.2) is 4.79 Å². The fourth-order valence-electron chi connectivity index (χ4n) is 2.34. The van der Waals surface area contributed by atoms with Crippen molar-refractivity contribution in [2.24, 2.45) is 0 Å². The number of ether oxygens (including phenoxy) is 3. The van der Waals surface area contributed by atoms with E-state index in [1.54, 1.807) is 0 Å². The summed E-state index contributed by atoms with van der Waals surface area (Å²) < 4.78 is 15.4. The molecule has 1 heterocycles. The van der Waals surface area contributed by atoms with Crippen LogP contribution in [0.4, 0.5) is 0 Å². The molecule has 4 heteroatoms. The van der Waals surface area contributed by atoms with Gasteiger partial charge in [0.1, 0.15) is 0 Å². The van der Waals surface area contributed by atoms with E-state index in [1.165, 1.54) is 13.2 Å². The van der Waals surface area contributed by atoms with E-state index in [-0.39, 0.29) is 12.8 Å². The first-order valence-corrected chi connectivity index (χ1v) is 6.94. The summed E-state index contributed by atoms with van der Waals surface area (Å²) in [7, 11) is 1.37. The Balaban J connectivity index is 1.94. The van der Waals surface area contributed by atoms with Crippen LogP contribution in [0.3, 0.4) is 0 Å². The zero-order chi connectivity index (χ0) is 15.5. The van der Waals surface area contributed by atoms with Gasteiger partial charge in [-0.3, -0.25) is 0 Å². The average molecular weight is 296 g/mol. The molecular formula is C18H16O4. The van der Waals surface area contributed by atoms with Crippen LogP contribution < -0.4 is 9.47 Å². The van der Waals surface area contributed by atoms with Crippen molar-refractivity contribution in [2.45, 2.75) is 6.92 Å². The van der Waals surface area contributed by atoms with Crippen molar-refractivity contribution in [2.75, 3.05) is 13.9 Å². The highest BCUT2D eigenvalue weighted by molar-refractivity contribution is 5.91. The second-order valence-electron chi connectivity index (χ2n) is 5.00. The number of rotatable bonds is 3. The van der Waals surface area contributed by atoms with Crippen LogP contribution in [0.25, 0.3) is 16.7 Å². The molecule has 1 aliphatic heterocycles. The Labute approximate surface area is 128 Å². The Morgan fingerprint density at radius 1 is 1.09 bits per heavy atom. The van der Waals surface area contributed by atoms with Crippen molar-refractivity contribution in [3.63, 3.8) is 0 Å². The van der Waals surface area contributed by atoms with Crippen LogP contribution in [0, 0.1) is 0 Å². The van der Waals surface area contributed by atoms with Crippen molar-refractivity contribution >= 4 is 11.5 Å². The molecule has 0 unspecified atom stereocenters. The molecule has 0 spiro atoms. The quantitative estimate of drug-likeness (QED) is 0.640. The van der Waals surface area contributed by atoms with Crippen LogP contribution in [0.2, 0.25) is 0 Å². The van der Waals surface area contributed by atoms with Gasteiger partial charge < -0.3 is 14.2 Å². The number of benzene rings is 2. The van der Waals surface area contributed by atoms with Gasteiger partial charge in [0, 0.05) is 6.08 Å². The summed E-state index contributed by atoms with van der Waals surface area (Å²) in [6.07, 6.45) is 1.48. The van der Waals surface area contributed by atoms with E-state index < -0.39 is 0 Å².